The van der Waals surface area contributed by atoms with E-state index in [1.165, 1.54) is 32.0 Å². The molecule has 0 spiro atoms. The fraction of sp³-hybridized carbons (Fsp3) is 0.158. The molecule has 0 radical (unpaired) electrons. The Hall–Kier alpha value is -2.62. The van der Waals surface area contributed by atoms with Gasteiger partial charge in [-0.05, 0) is 17.7 Å². The lowest BCUT2D eigenvalue weighted by Gasteiger charge is -2.09. The minimum Gasteiger partial charge on any atom is -0.464 e. The predicted octanol–water partition coefficient (Wildman–Crippen LogP) is 5.00. The van der Waals surface area contributed by atoms with Crippen LogP contribution in [0.1, 0.15) is 11.1 Å². The zero-order valence-corrected chi connectivity index (χ0v) is 18.0. The summed E-state index contributed by atoms with van der Waals surface area (Å²) >= 11 is 13.0. The van der Waals surface area contributed by atoms with E-state index in [4.69, 9.17) is 37.2 Å². The van der Waals surface area contributed by atoms with E-state index in [9.17, 15) is 9.18 Å². The number of hydrogen-bond acceptors (Lipinski definition) is 8. The summed E-state index contributed by atoms with van der Waals surface area (Å²) < 4.78 is 24.1. The Labute approximate surface area is 185 Å². The summed E-state index contributed by atoms with van der Waals surface area (Å²) in [5.41, 5.74) is 1.57. The Morgan fingerprint density at radius 3 is 2.70 bits per heavy atom. The number of nitrogens with zero attached hydrogens (tertiary/aromatic N) is 3. The summed E-state index contributed by atoms with van der Waals surface area (Å²) in [5, 5.41) is 11.9. The molecule has 156 valence electrons. The largest absolute Gasteiger partial charge is 0.464 e. The van der Waals surface area contributed by atoms with Crippen molar-refractivity contribution in [1.29, 1.82) is 0 Å². The van der Waals surface area contributed by atoms with Crippen LogP contribution in [-0.2, 0) is 20.1 Å². The third kappa shape index (κ3) is 4.92. The van der Waals surface area contributed by atoms with E-state index < -0.39 is 11.8 Å². The number of aromatic nitrogens is 2. The van der Waals surface area contributed by atoms with E-state index in [2.05, 4.69) is 15.4 Å². The summed E-state index contributed by atoms with van der Waals surface area (Å²) in [6, 6.07) is 9.52. The molecule has 0 saturated carbocycles. The van der Waals surface area contributed by atoms with E-state index in [1.807, 2.05) is 12.1 Å². The van der Waals surface area contributed by atoms with Gasteiger partial charge in [0.1, 0.15) is 12.9 Å². The molecule has 1 heterocycles. The number of benzene rings is 2. The maximum atomic E-state index is 13.8. The van der Waals surface area contributed by atoms with Crippen molar-refractivity contribution in [3.8, 4) is 11.5 Å². The van der Waals surface area contributed by atoms with E-state index in [1.54, 1.807) is 12.1 Å². The highest BCUT2D eigenvalue weighted by atomic mass is 35.5. The Bertz CT molecular complexity index is 1110. The van der Waals surface area contributed by atoms with Crippen LogP contribution in [0.25, 0.3) is 11.5 Å². The third-order valence-corrected chi connectivity index (χ3v) is 5.30. The van der Waals surface area contributed by atoms with Gasteiger partial charge in [-0.1, -0.05) is 64.4 Å². The molecule has 0 fully saturated rings. The average molecular weight is 470 g/mol. The van der Waals surface area contributed by atoms with Crippen LogP contribution < -0.4 is 0 Å². The Kier molecular flexibility index (Phi) is 7.30. The fourth-order valence-corrected chi connectivity index (χ4v) is 3.70. The van der Waals surface area contributed by atoms with Gasteiger partial charge in [0.2, 0.25) is 5.89 Å². The monoisotopic (exact) mass is 469 g/mol. The average Bonchev–Trinajstić information content (AvgIpc) is 3.21. The summed E-state index contributed by atoms with van der Waals surface area (Å²) in [7, 11) is 2.60. The Morgan fingerprint density at radius 1 is 1.20 bits per heavy atom. The van der Waals surface area contributed by atoms with E-state index >= 15 is 0 Å². The second kappa shape index (κ2) is 9.92. The van der Waals surface area contributed by atoms with Gasteiger partial charge in [0.15, 0.2) is 5.71 Å². The molecule has 7 nitrogen and oxygen atoms in total. The quantitative estimate of drug-likeness (QED) is 0.158. The maximum absolute atomic E-state index is 13.8. The van der Waals surface area contributed by atoms with Crippen LogP contribution in [0.5, 0.6) is 0 Å². The van der Waals surface area contributed by atoms with Crippen molar-refractivity contribution in [2.45, 2.75) is 11.0 Å². The molecule has 0 saturated heterocycles. The second-order valence-electron chi connectivity index (χ2n) is 5.68. The fourth-order valence-electron chi connectivity index (χ4n) is 2.46. The minimum absolute atomic E-state index is 0.0332. The van der Waals surface area contributed by atoms with Gasteiger partial charge in [-0.15, -0.1) is 10.2 Å². The SMILES string of the molecule is CO/N=C(/C(=O)OC)c1ccccc1CSc1nnc(-c2cc(F)c(Cl)cc2Cl)o1. The van der Waals surface area contributed by atoms with Crippen molar-refractivity contribution < 1.29 is 23.2 Å². The minimum atomic E-state index is -0.648. The van der Waals surface area contributed by atoms with Gasteiger partial charge < -0.3 is 14.0 Å². The number of carbonyl (C=O) groups is 1. The lowest BCUT2D eigenvalue weighted by molar-refractivity contribution is -0.132. The normalized spacial score (nSPS) is 11.4. The first-order chi connectivity index (χ1) is 14.4. The van der Waals surface area contributed by atoms with Crippen molar-refractivity contribution in [3.05, 3.63) is 63.4 Å². The number of esters is 1. The number of thioether (sulfide) groups is 1. The number of carbonyl (C=O) groups excluding carboxylic acids is 1. The third-order valence-electron chi connectivity index (χ3n) is 3.83. The number of rotatable bonds is 7. The highest BCUT2D eigenvalue weighted by Crippen LogP contribution is 2.33. The number of methoxy groups -OCH3 is 1. The molecule has 3 aromatic rings. The first-order valence-electron chi connectivity index (χ1n) is 8.33. The molecular weight excluding hydrogens is 456 g/mol. The van der Waals surface area contributed by atoms with Crippen LogP contribution in [0.15, 0.2) is 51.2 Å². The maximum Gasteiger partial charge on any atom is 0.360 e. The van der Waals surface area contributed by atoms with Crippen molar-refractivity contribution >= 4 is 46.6 Å². The smallest absolute Gasteiger partial charge is 0.360 e. The molecule has 0 amide bonds. The molecule has 11 heteroatoms. The van der Waals surface area contributed by atoms with Crippen LogP contribution in [0.4, 0.5) is 4.39 Å². The van der Waals surface area contributed by atoms with E-state index in [0.29, 0.717) is 11.3 Å². The number of oxime groups is 1. The predicted molar refractivity (Wildman–Crippen MR) is 111 cm³/mol. The molecule has 0 N–H and O–H groups in total. The first kappa shape index (κ1) is 22.1. The Balaban J connectivity index is 1.82. The summed E-state index contributed by atoms with van der Waals surface area (Å²) in [6.07, 6.45) is 0. The summed E-state index contributed by atoms with van der Waals surface area (Å²) in [4.78, 5) is 16.8. The highest BCUT2D eigenvalue weighted by molar-refractivity contribution is 7.98. The lowest BCUT2D eigenvalue weighted by atomic mass is 10.0. The van der Waals surface area contributed by atoms with Crippen molar-refractivity contribution in [3.63, 3.8) is 0 Å². The topological polar surface area (TPSA) is 86.8 Å². The zero-order chi connectivity index (χ0) is 21.7. The standard InChI is InChI=1S/C19H14Cl2FN3O4S/c1-27-18(26)16(25-28-2)11-6-4-3-5-10(11)9-30-19-24-23-17(29-19)12-7-15(22)14(21)8-13(12)20/h3-8H,9H2,1-2H3/b25-16+. The highest BCUT2D eigenvalue weighted by Gasteiger charge is 2.20. The van der Waals surface area contributed by atoms with Gasteiger partial charge >= 0.3 is 5.97 Å². The molecule has 0 aliphatic rings. The number of halogens is 3. The molecule has 1 aromatic heterocycles. The van der Waals surface area contributed by atoms with E-state index in [-0.39, 0.29) is 32.4 Å². The number of ether oxygens (including phenoxy) is 1. The van der Waals surface area contributed by atoms with Gasteiger partial charge in [-0.3, -0.25) is 0 Å². The van der Waals surface area contributed by atoms with Crippen LogP contribution >= 0.6 is 35.0 Å². The zero-order valence-electron chi connectivity index (χ0n) is 15.7. The molecule has 3 rings (SSSR count). The summed E-state index contributed by atoms with van der Waals surface area (Å²) in [6.45, 7) is 0. The van der Waals surface area contributed by atoms with Crippen LogP contribution in [0.2, 0.25) is 10.0 Å². The van der Waals surface area contributed by atoms with Gasteiger partial charge in [0, 0.05) is 11.3 Å². The van der Waals surface area contributed by atoms with Gasteiger partial charge in [0.05, 0.1) is 22.7 Å². The van der Waals surface area contributed by atoms with Gasteiger partial charge in [0.25, 0.3) is 5.22 Å². The van der Waals surface area contributed by atoms with Crippen molar-refractivity contribution in [2.24, 2.45) is 5.16 Å². The number of hydrogen-bond donors (Lipinski definition) is 0. The van der Waals surface area contributed by atoms with Gasteiger partial charge in [-0.25, -0.2) is 9.18 Å². The second-order valence-corrected chi connectivity index (χ2v) is 7.42. The molecule has 0 bridgehead atoms. The van der Waals surface area contributed by atoms with Crippen LogP contribution in [0.3, 0.4) is 0 Å². The molecule has 0 aliphatic heterocycles. The Morgan fingerprint density at radius 2 is 1.97 bits per heavy atom. The molecular formula is C19H14Cl2FN3O4S. The molecule has 0 atom stereocenters. The van der Waals surface area contributed by atoms with Crippen molar-refractivity contribution in [1.82, 2.24) is 10.2 Å². The van der Waals surface area contributed by atoms with Gasteiger partial charge in [-0.2, -0.15) is 0 Å². The molecule has 0 unspecified atom stereocenters. The molecule has 30 heavy (non-hydrogen) atoms. The summed E-state index contributed by atoms with van der Waals surface area (Å²) in [5.74, 6) is -0.846. The van der Waals surface area contributed by atoms with E-state index in [0.717, 1.165) is 11.6 Å². The van der Waals surface area contributed by atoms with Crippen molar-refractivity contribution in [2.75, 3.05) is 14.2 Å². The van der Waals surface area contributed by atoms with Crippen LogP contribution in [-0.4, -0.2) is 36.1 Å². The first-order valence-corrected chi connectivity index (χ1v) is 10.1. The van der Waals surface area contributed by atoms with Crippen LogP contribution in [0, 0.1) is 5.82 Å². The molecule has 2 aromatic carbocycles. The molecule has 0 aliphatic carbocycles. The lowest BCUT2D eigenvalue weighted by Crippen LogP contribution is -2.19.